The fourth-order valence-electron chi connectivity index (χ4n) is 3.77. The molecule has 1 heterocycles. The van der Waals surface area contributed by atoms with E-state index < -0.39 is 4.92 Å². The number of nitro benzene ring substituents is 1. The lowest BCUT2D eigenvalue weighted by molar-refractivity contribution is -0.384. The average molecular weight is 346 g/mol. The van der Waals surface area contributed by atoms with E-state index in [1.165, 1.54) is 22.9 Å². The molecule has 26 heavy (non-hydrogen) atoms. The van der Waals surface area contributed by atoms with Gasteiger partial charge >= 0.3 is 0 Å². The summed E-state index contributed by atoms with van der Waals surface area (Å²) in [5.74, 6) is -0.0738. The zero-order chi connectivity index (χ0) is 18.1. The Kier molecular flexibility index (Phi) is 4.13. The molecular weight excluding hydrogens is 328 g/mol. The molecule has 1 amide bonds. The molecule has 0 saturated carbocycles. The van der Waals surface area contributed by atoms with Gasteiger partial charge in [0.2, 0.25) is 0 Å². The highest BCUT2D eigenvalue weighted by atomic mass is 16.6. The summed E-state index contributed by atoms with van der Waals surface area (Å²) in [5, 5.41) is 13.1. The molecule has 5 heteroatoms. The van der Waals surface area contributed by atoms with Gasteiger partial charge in [0.1, 0.15) is 0 Å². The summed E-state index contributed by atoms with van der Waals surface area (Å²) in [6.45, 7) is 0.698. The maximum absolute atomic E-state index is 13.0. The highest BCUT2D eigenvalue weighted by Gasteiger charge is 2.31. The summed E-state index contributed by atoms with van der Waals surface area (Å²) in [6.07, 6.45) is 1.87. The van der Waals surface area contributed by atoms with Gasteiger partial charge in [-0.15, -0.1) is 0 Å². The number of nitrogens with zero attached hydrogens (tertiary/aromatic N) is 2. The molecule has 4 rings (SSSR count). The number of fused-ring (bicyclic) bond motifs is 1. The molecule has 0 bridgehead atoms. The quantitative estimate of drug-likeness (QED) is 0.509. The smallest absolute Gasteiger partial charge is 0.269 e. The van der Waals surface area contributed by atoms with Crippen LogP contribution in [0, 0.1) is 10.1 Å². The van der Waals surface area contributed by atoms with Crippen molar-refractivity contribution in [3.05, 3.63) is 88.0 Å². The molecule has 3 aromatic carbocycles. The first-order valence-electron chi connectivity index (χ1n) is 8.68. The van der Waals surface area contributed by atoms with E-state index in [0.29, 0.717) is 12.1 Å². The first-order valence-corrected chi connectivity index (χ1v) is 8.68. The minimum atomic E-state index is -0.455. The number of carbonyl (C=O) groups is 1. The van der Waals surface area contributed by atoms with Crippen LogP contribution in [0.1, 0.15) is 34.8 Å². The van der Waals surface area contributed by atoms with Crippen molar-refractivity contribution >= 4 is 22.4 Å². The summed E-state index contributed by atoms with van der Waals surface area (Å²) in [5.41, 5.74) is 1.65. The van der Waals surface area contributed by atoms with Crippen LogP contribution in [0.4, 0.5) is 5.69 Å². The molecule has 0 spiro atoms. The fourth-order valence-corrected chi connectivity index (χ4v) is 3.77. The van der Waals surface area contributed by atoms with Gasteiger partial charge in [-0.05, 0) is 41.3 Å². The largest absolute Gasteiger partial charge is 0.332 e. The van der Waals surface area contributed by atoms with E-state index in [4.69, 9.17) is 0 Å². The molecule has 0 aliphatic carbocycles. The van der Waals surface area contributed by atoms with Crippen molar-refractivity contribution in [3.8, 4) is 0 Å². The molecule has 3 aromatic rings. The van der Waals surface area contributed by atoms with E-state index in [-0.39, 0.29) is 17.6 Å². The van der Waals surface area contributed by atoms with Crippen molar-refractivity contribution in [2.24, 2.45) is 0 Å². The summed E-state index contributed by atoms with van der Waals surface area (Å²) in [7, 11) is 0. The van der Waals surface area contributed by atoms with Gasteiger partial charge < -0.3 is 4.90 Å². The number of hydrogen-bond acceptors (Lipinski definition) is 3. The molecule has 1 aliphatic heterocycles. The van der Waals surface area contributed by atoms with Crippen molar-refractivity contribution in [1.82, 2.24) is 4.90 Å². The Balaban J connectivity index is 1.67. The van der Waals surface area contributed by atoms with E-state index in [2.05, 4.69) is 24.3 Å². The third-order valence-corrected chi connectivity index (χ3v) is 5.02. The maximum atomic E-state index is 13.0. The number of hydrogen-bond donors (Lipinski definition) is 0. The number of rotatable bonds is 3. The van der Waals surface area contributed by atoms with Crippen LogP contribution in [0.5, 0.6) is 0 Å². The Labute approximate surface area is 151 Å². The highest BCUT2D eigenvalue weighted by Crippen LogP contribution is 2.36. The molecule has 0 N–H and O–H groups in total. The SMILES string of the molecule is O=C(c1ccc([N+](=O)[O-])cc1)N1CCCC1c1cccc2ccccc12. The van der Waals surface area contributed by atoms with E-state index >= 15 is 0 Å². The van der Waals surface area contributed by atoms with Crippen LogP contribution in [-0.4, -0.2) is 22.3 Å². The number of benzene rings is 3. The van der Waals surface area contributed by atoms with Gasteiger partial charge in [-0.3, -0.25) is 14.9 Å². The average Bonchev–Trinajstić information content (AvgIpc) is 3.16. The van der Waals surface area contributed by atoms with E-state index in [0.717, 1.165) is 18.4 Å². The second-order valence-electron chi connectivity index (χ2n) is 6.53. The molecule has 5 nitrogen and oxygen atoms in total. The van der Waals surface area contributed by atoms with Crippen LogP contribution in [-0.2, 0) is 0 Å². The zero-order valence-corrected chi connectivity index (χ0v) is 14.2. The van der Waals surface area contributed by atoms with Crippen molar-refractivity contribution in [1.29, 1.82) is 0 Å². The number of carbonyl (C=O) groups excluding carboxylic acids is 1. The lowest BCUT2D eigenvalue weighted by Crippen LogP contribution is -2.30. The molecule has 130 valence electrons. The lowest BCUT2D eigenvalue weighted by atomic mass is 9.97. The molecule has 1 atom stereocenters. The third-order valence-electron chi connectivity index (χ3n) is 5.02. The van der Waals surface area contributed by atoms with Gasteiger partial charge in [-0.2, -0.15) is 0 Å². The number of non-ortho nitro benzene ring substituents is 1. The number of nitro groups is 1. The predicted molar refractivity (Wildman–Crippen MR) is 100 cm³/mol. The molecular formula is C21H18N2O3. The van der Waals surface area contributed by atoms with E-state index in [1.54, 1.807) is 12.1 Å². The Morgan fingerprint density at radius 1 is 1.00 bits per heavy atom. The van der Waals surface area contributed by atoms with Gasteiger partial charge in [-0.25, -0.2) is 0 Å². The van der Waals surface area contributed by atoms with Gasteiger partial charge in [0.05, 0.1) is 11.0 Å². The predicted octanol–water partition coefficient (Wildman–Crippen LogP) is 4.73. The maximum Gasteiger partial charge on any atom is 0.269 e. The minimum Gasteiger partial charge on any atom is -0.332 e. The Hall–Kier alpha value is -3.21. The summed E-state index contributed by atoms with van der Waals surface area (Å²) >= 11 is 0. The molecule has 0 radical (unpaired) electrons. The van der Waals surface area contributed by atoms with Crippen LogP contribution in [0.25, 0.3) is 10.8 Å². The summed E-state index contributed by atoms with van der Waals surface area (Å²) < 4.78 is 0. The Morgan fingerprint density at radius 2 is 1.73 bits per heavy atom. The van der Waals surface area contributed by atoms with Gasteiger partial charge in [-0.1, -0.05) is 42.5 Å². The van der Waals surface area contributed by atoms with Crippen LogP contribution in [0.15, 0.2) is 66.7 Å². The Bertz CT molecular complexity index is 977. The summed E-state index contributed by atoms with van der Waals surface area (Å²) in [4.78, 5) is 25.3. The molecule has 1 aliphatic rings. The van der Waals surface area contributed by atoms with Crippen LogP contribution >= 0.6 is 0 Å². The third kappa shape index (κ3) is 2.81. The van der Waals surface area contributed by atoms with Gasteiger partial charge in [0.15, 0.2) is 0 Å². The second kappa shape index (κ2) is 6.59. The van der Waals surface area contributed by atoms with Crippen molar-refractivity contribution in [2.75, 3.05) is 6.54 Å². The second-order valence-corrected chi connectivity index (χ2v) is 6.53. The number of amides is 1. The molecule has 1 unspecified atom stereocenters. The van der Waals surface area contributed by atoms with E-state index in [1.807, 2.05) is 23.1 Å². The van der Waals surface area contributed by atoms with Crippen LogP contribution in [0.2, 0.25) is 0 Å². The number of likely N-dealkylation sites (tertiary alicyclic amines) is 1. The fraction of sp³-hybridized carbons (Fsp3) is 0.190. The first-order chi connectivity index (χ1) is 12.6. The van der Waals surface area contributed by atoms with Crippen LogP contribution < -0.4 is 0 Å². The highest BCUT2D eigenvalue weighted by molar-refractivity contribution is 5.95. The minimum absolute atomic E-state index is 0.00595. The summed E-state index contributed by atoms with van der Waals surface area (Å²) in [6, 6.07) is 20.3. The molecule has 0 aromatic heterocycles. The van der Waals surface area contributed by atoms with Crippen molar-refractivity contribution < 1.29 is 9.72 Å². The zero-order valence-electron chi connectivity index (χ0n) is 14.2. The van der Waals surface area contributed by atoms with Crippen LogP contribution in [0.3, 0.4) is 0 Å². The van der Waals surface area contributed by atoms with Crippen molar-refractivity contribution in [2.45, 2.75) is 18.9 Å². The standard InChI is InChI=1S/C21H18N2O3/c24-21(16-10-12-17(13-11-16)23(25)26)22-14-4-9-20(22)19-8-3-6-15-5-1-2-7-18(15)19/h1-3,5-8,10-13,20H,4,9,14H2. The van der Waals surface area contributed by atoms with Gasteiger partial charge in [0, 0.05) is 24.2 Å². The monoisotopic (exact) mass is 346 g/mol. The molecule has 1 fully saturated rings. The normalized spacial score (nSPS) is 16.8. The van der Waals surface area contributed by atoms with Gasteiger partial charge in [0.25, 0.3) is 11.6 Å². The van der Waals surface area contributed by atoms with E-state index in [9.17, 15) is 14.9 Å². The van der Waals surface area contributed by atoms with Crippen molar-refractivity contribution in [3.63, 3.8) is 0 Å². The Morgan fingerprint density at radius 3 is 2.50 bits per heavy atom. The lowest BCUT2D eigenvalue weighted by Gasteiger charge is -2.26. The first kappa shape index (κ1) is 16.3. The topological polar surface area (TPSA) is 63.4 Å². The molecule has 1 saturated heterocycles.